The maximum absolute atomic E-state index is 12.4. The van der Waals surface area contributed by atoms with Gasteiger partial charge in [-0.25, -0.2) is 9.59 Å². The first-order chi connectivity index (χ1) is 11.1. The normalized spacial score (nSPS) is 16.5. The molecule has 2 heterocycles. The van der Waals surface area contributed by atoms with Crippen molar-refractivity contribution in [2.24, 2.45) is 0 Å². The van der Waals surface area contributed by atoms with Gasteiger partial charge in [0.15, 0.2) is 0 Å². The summed E-state index contributed by atoms with van der Waals surface area (Å²) in [7, 11) is 0. The Morgan fingerprint density at radius 1 is 1.04 bits per heavy atom. The zero-order valence-corrected chi connectivity index (χ0v) is 11.9. The van der Waals surface area contributed by atoms with Crippen LogP contribution in [0.3, 0.4) is 0 Å². The van der Waals surface area contributed by atoms with E-state index in [4.69, 9.17) is 4.42 Å². The van der Waals surface area contributed by atoms with Gasteiger partial charge in [0.05, 0.1) is 17.3 Å². The number of para-hydroxylation sites is 1. The molecule has 3 aromatic rings. The van der Waals surface area contributed by atoms with E-state index < -0.39 is 17.7 Å². The summed E-state index contributed by atoms with van der Waals surface area (Å²) >= 11 is 0. The summed E-state index contributed by atoms with van der Waals surface area (Å²) in [4.78, 5) is 24.5. The number of phenols is 1. The summed E-state index contributed by atoms with van der Waals surface area (Å²) < 4.78 is 5.37. The van der Waals surface area contributed by atoms with E-state index in [2.05, 4.69) is 10.6 Å². The van der Waals surface area contributed by atoms with Crippen LogP contribution in [-0.4, -0.2) is 11.1 Å². The van der Waals surface area contributed by atoms with Crippen molar-refractivity contribution >= 4 is 22.7 Å². The van der Waals surface area contributed by atoms with Crippen molar-refractivity contribution < 1.29 is 14.3 Å². The molecule has 0 saturated heterocycles. The summed E-state index contributed by atoms with van der Waals surface area (Å²) in [6.07, 6.45) is 0. The van der Waals surface area contributed by atoms with E-state index in [0.717, 1.165) is 0 Å². The molecule has 2 aromatic carbocycles. The van der Waals surface area contributed by atoms with Crippen LogP contribution in [0.5, 0.6) is 5.75 Å². The predicted octanol–water partition coefficient (Wildman–Crippen LogP) is 2.72. The number of rotatable bonds is 1. The van der Waals surface area contributed by atoms with Crippen molar-refractivity contribution in [3.05, 3.63) is 70.1 Å². The lowest BCUT2D eigenvalue weighted by Gasteiger charge is -2.27. The van der Waals surface area contributed by atoms with Gasteiger partial charge in [0.1, 0.15) is 11.3 Å². The molecule has 1 aliphatic rings. The Balaban J connectivity index is 2.02. The summed E-state index contributed by atoms with van der Waals surface area (Å²) in [5.41, 5.74) is 1.24. The van der Waals surface area contributed by atoms with E-state index in [1.54, 1.807) is 36.4 Å². The Bertz CT molecular complexity index is 993. The van der Waals surface area contributed by atoms with E-state index in [-0.39, 0.29) is 5.75 Å². The smallest absolute Gasteiger partial charge is 0.344 e. The standard InChI is InChI=1S/C17H12N2O4/c20-10-5-3-4-9(8-10)14-13-15(19-17(22)18-14)11-6-1-2-7-12(11)23-16(13)21/h1-8,14,20H,(H2,18,19,22). The number of phenolic OH excluding ortho intramolecular Hbond substituents is 1. The van der Waals surface area contributed by atoms with Crippen molar-refractivity contribution in [2.75, 3.05) is 5.32 Å². The van der Waals surface area contributed by atoms with Crippen LogP contribution < -0.4 is 16.3 Å². The van der Waals surface area contributed by atoms with Gasteiger partial charge in [-0.15, -0.1) is 0 Å². The molecule has 0 spiro atoms. The minimum atomic E-state index is -0.688. The molecule has 0 radical (unpaired) electrons. The second kappa shape index (κ2) is 4.88. The minimum Gasteiger partial charge on any atom is -0.508 e. The van der Waals surface area contributed by atoms with Gasteiger partial charge in [0, 0.05) is 5.39 Å². The quantitative estimate of drug-likeness (QED) is 0.603. The fourth-order valence-corrected chi connectivity index (χ4v) is 2.87. The lowest BCUT2D eigenvalue weighted by atomic mass is 9.95. The molecule has 0 aliphatic carbocycles. The molecule has 6 nitrogen and oxygen atoms in total. The maximum atomic E-state index is 12.4. The van der Waals surface area contributed by atoms with Crippen LogP contribution >= 0.6 is 0 Å². The first-order valence-electron chi connectivity index (χ1n) is 7.05. The molecular formula is C17H12N2O4. The van der Waals surface area contributed by atoms with Gasteiger partial charge in [0.2, 0.25) is 0 Å². The lowest BCUT2D eigenvalue weighted by Crippen LogP contribution is -2.41. The van der Waals surface area contributed by atoms with Gasteiger partial charge in [0.25, 0.3) is 0 Å². The van der Waals surface area contributed by atoms with Gasteiger partial charge in [-0.2, -0.15) is 0 Å². The third-order valence-corrected chi connectivity index (χ3v) is 3.85. The minimum absolute atomic E-state index is 0.0574. The molecule has 1 unspecified atom stereocenters. The molecule has 1 aromatic heterocycles. The number of benzene rings is 2. The number of carbonyl (C=O) groups is 1. The molecule has 6 heteroatoms. The van der Waals surface area contributed by atoms with Crippen LogP contribution in [0.25, 0.3) is 11.0 Å². The average Bonchev–Trinajstić information content (AvgIpc) is 2.54. The zero-order chi connectivity index (χ0) is 16.0. The molecule has 0 fully saturated rings. The Labute approximate surface area is 130 Å². The first-order valence-corrected chi connectivity index (χ1v) is 7.05. The number of carbonyl (C=O) groups excluding carboxylic acids is 1. The van der Waals surface area contributed by atoms with Crippen LogP contribution in [0.4, 0.5) is 10.5 Å². The van der Waals surface area contributed by atoms with E-state index in [1.807, 2.05) is 0 Å². The van der Waals surface area contributed by atoms with Crippen LogP contribution in [-0.2, 0) is 0 Å². The molecule has 3 N–H and O–H groups in total. The van der Waals surface area contributed by atoms with E-state index in [9.17, 15) is 14.7 Å². The van der Waals surface area contributed by atoms with Crippen LogP contribution in [0.2, 0.25) is 0 Å². The highest BCUT2D eigenvalue weighted by atomic mass is 16.4. The van der Waals surface area contributed by atoms with E-state index in [1.165, 1.54) is 12.1 Å². The molecule has 0 saturated carbocycles. The van der Waals surface area contributed by atoms with Crippen LogP contribution in [0.1, 0.15) is 17.2 Å². The Kier molecular flexibility index (Phi) is 2.84. The number of aromatic hydroxyl groups is 1. The van der Waals surface area contributed by atoms with Gasteiger partial charge in [-0.05, 0) is 29.8 Å². The third-order valence-electron chi connectivity index (χ3n) is 3.85. The number of fused-ring (bicyclic) bond motifs is 3. The van der Waals surface area contributed by atoms with Crippen molar-refractivity contribution in [2.45, 2.75) is 6.04 Å². The average molecular weight is 308 g/mol. The van der Waals surface area contributed by atoms with Gasteiger partial charge < -0.3 is 20.2 Å². The summed E-state index contributed by atoms with van der Waals surface area (Å²) in [5.74, 6) is 0.0574. The molecule has 23 heavy (non-hydrogen) atoms. The topological polar surface area (TPSA) is 91.6 Å². The SMILES string of the molecule is O=C1Nc2c(c(=O)oc3ccccc23)C(c2cccc(O)c2)N1. The van der Waals surface area contributed by atoms with Crippen LogP contribution in [0.15, 0.2) is 57.7 Å². The largest absolute Gasteiger partial charge is 0.508 e. The Morgan fingerprint density at radius 2 is 1.87 bits per heavy atom. The zero-order valence-electron chi connectivity index (χ0n) is 11.9. The molecule has 114 valence electrons. The second-order valence-corrected chi connectivity index (χ2v) is 5.30. The highest BCUT2D eigenvalue weighted by Crippen LogP contribution is 2.35. The monoisotopic (exact) mass is 308 g/mol. The van der Waals surface area contributed by atoms with Gasteiger partial charge in [-0.3, -0.25) is 0 Å². The summed E-state index contributed by atoms with van der Waals surface area (Å²) in [5, 5.41) is 15.7. The van der Waals surface area contributed by atoms with Crippen molar-refractivity contribution in [3.8, 4) is 5.75 Å². The Morgan fingerprint density at radius 3 is 2.70 bits per heavy atom. The number of amides is 2. The van der Waals surface area contributed by atoms with Crippen molar-refractivity contribution in [1.82, 2.24) is 5.32 Å². The van der Waals surface area contributed by atoms with Gasteiger partial charge >= 0.3 is 11.7 Å². The molecule has 2 amide bonds. The van der Waals surface area contributed by atoms with Crippen molar-refractivity contribution in [1.29, 1.82) is 0 Å². The fourth-order valence-electron chi connectivity index (χ4n) is 2.87. The molecule has 1 atom stereocenters. The first kappa shape index (κ1) is 13.4. The third kappa shape index (κ3) is 2.12. The number of hydrogen-bond acceptors (Lipinski definition) is 4. The van der Waals surface area contributed by atoms with E-state index >= 15 is 0 Å². The highest BCUT2D eigenvalue weighted by Gasteiger charge is 2.31. The maximum Gasteiger partial charge on any atom is 0.344 e. The molecule has 1 aliphatic heterocycles. The molecular weight excluding hydrogens is 296 g/mol. The fraction of sp³-hybridized carbons (Fsp3) is 0.0588. The Hall–Kier alpha value is -3.28. The number of hydrogen-bond donors (Lipinski definition) is 3. The van der Waals surface area contributed by atoms with Gasteiger partial charge in [-0.1, -0.05) is 24.3 Å². The lowest BCUT2D eigenvalue weighted by molar-refractivity contribution is 0.248. The van der Waals surface area contributed by atoms with Crippen LogP contribution in [0, 0.1) is 0 Å². The summed E-state index contributed by atoms with van der Waals surface area (Å²) in [6.45, 7) is 0. The number of nitrogens with one attached hydrogen (secondary N) is 2. The molecule has 4 rings (SSSR count). The second-order valence-electron chi connectivity index (χ2n) is 5.30. The highest BCUT2D eigenvalue weighted by molar-refractivity contribution is 6.03. The molecule has 0 bridgehead atoms. The number of anilines is 1. The predicted molar refractivity (Wildman–Crippen MR) is 84.6 cm³/mol. The van der Waals surface area contributed by atoms with Crippen molar-refractivity contribution in [3.63, 3.8) is 0 Å². The number of urea groups is 1. The van der Waals surface area contributed by atoms with E-state index in [0.29, 0.717) is 27.8 Å². The summed E-state index contributed by atoms with van der Waals surface area (Å²) in [6, 6.07) is 12.3.